The van der Waals surface area contributed by atoms with Crippen LogP contribution in [-0.2, 0) is 10.0 Å². The van der Waals surface area contributed by atoms with E-state index >= 15 is 0 Å². The summed E-state index contributed by atoms with van der Waals surface area (Å²) < 4.78 is 24.5. The van der Waals surface area contributed by atoms with E-state index in [0.29, 0.717) is 11.6 Å². The molecule has 0 bridgehead atoms. The van der Waals surface area contributed by atoms with Gasteiger partial charge < -0.3 is 0 Å². The lowest BCUT2D eigenvalue weighted by Gasteiger charge is -2.15. The maximum absolute atomic E-state index is 11.0. The summed E-state index contributed by atoms with van der Waals surface area (Å²) in [4.78, 5) is 0. The zero-order chi connectivity index (χ0) is 12.2. The predicted octanol–water partition coefficient (Wildman–Crippen LogP) is 2.29. The minimum Gasteiger partial charge on any atom is -0.214 e. The van der Waals surface area contributed by atoms with Gasteiger partial charge >= 0.3 is 0 Å². The Bertz CT molecular complexity index is 448. The minimum atomic E-state index is -3.14. The van der Waals surface area contributed by atoms with Crippen LogP contribution in [0, 0.1) is 0 Å². The first-order valence-electron chi connectivity index (χ1n) is 4.65. The molecule has 0 amide bonds. The van der Waals surface area contributed by atoms with Gasteiger partial charge in [0.2, 0.25) is 10.0 Å². The van der Waals surface area contributed by atoms with E-state index < -0.39 is 10.0 Å². The lowest BCUT2D eigenvalue weighted by atomic mass is 10.1. The summed E-state index contributed by atoms with van der Waals surface area (Å²) in [5.74, 6) is 0. The monoisotopic (exact) mass is 279 g/mol. The van der Waals surface area contributed by atoms with Crippen LogP contribution in [0.1, 0.15) is 10.8 Å². The Morgan fingerprint density at radius 1 is 1.50 bits per heavy atom. The molecular formula is C10H14ClNO2S2. The Morgan fingerprint density at radius 2 is 2.19 bits per heavy atom. The van der Waals surface area contributed by atoms with E-state index in [9.17, 15) is 8.42 Å². The molecule has 1 rings (SSSR count). The Morgan fingerprint density at radius 3 is 2.69 bits per heavy atom. The quantitative estimate of drug-likeness (QED) is 0.900. The van der Waals surface area contributed by atoms with Crippen molar-refractivity contribution in [3.8, 4) is 0 Å². The van der Waals surface area contributed by atoms with Crippen LogP contribution >= 0.6 is 23.4 Å². The van der Waals surface area contributed by atoms with Crippen molar-refractivity contribution < 1.29 is 8.42 Å². The molecule has 6 heteroatoms. The topological polar surface area (TPSA) is 46.2 Å². The van der Waals surface area contributed by atoms with Gasteiger partial charge in [0.1, 0.15) is 0 Å². The number of hydrogen-bond acceptors (Lipinski definition) is 3. The first kappa shape index (κ1) is 13.8. The van der Waals surface area contributed by atoms with Crippen LogP contribution in [0.25, 0.3) is 0 Å². The van der Waals surface area contributed by atoms with Gasteiger partial charge in [-0.2, -0.15) is 11.8 Å². The van der Waals surface area contributed by atoms with Crippen LogP contribution in [0.4, 0.5) is 0 Å². The van der Waals surface area contributed by atoms with E-state index in [-0.39, 0.29) is 5.25 Å². The number of sulfonamides is 1. The van der Waals surface area contributed by atoms with Crippen LogP contribution in [0.2, 0.25) is 5.02 Å². The van der Waals surface area contributed by atoms with Gasteiger partial charge in [-0.1, -0.05) is 23.7 Å². The Labute approximate surface area is 106 Å². The number of rotatable bonds is 5. The standard InChI is InChI=1S/C10H14ClNO2S2/c1-15-10(7-12-16(2,13)14)8-4-3-5-9(11)6-8/h3-6,10,12H,7H2,1-2H3/t10-/m1/s1. The summed E-state index contributed by atoms with van der Waals surface area (Å²) in [5, 5.41) is 0.740. The van der Waals surface area contributed by atoms with E-state index in [1.807, 2.05) is 24.5 Å². The molecule has 0 spiro atoms. The number of halogens is 1. The number of thioether (sulfide) groups is 1. The van der Waals surface area contributed by atoms with Gasteiger partial charge in [0.05, 0.1) is 6.26 Å². The van der Waals surface area contributed by atoms with Crippen LogP contribution in [0.5, 0.6) is 0 Å². The van der Waals surface area contributed by atoms with E-state index in [1.54, 1.807) is 17.8 Å². The van der Waals surface area contributed by atoms with Crippen molar-refractivity contribution in [3.63, 3.8) is 0 Å². The summed E-state index contributed by atoms with van der Waals surface area (Å²) in [6.07, 6.45) is 3.10. The van der Waals surface area contributed by atoms with Crippen LogP contribution in [0.15, 0.2) is 24.3 Å². The summed E-state index contributed by atoms with van der Waals surface area (Å²) in [7, 11) is -3.14. The van der Waals surface area contributed by atoms with Crippen molar-refractivity contribution in [1.29, 1.82) is 0 Å². The summed E-state index contributed by atoms with van der Waals surface area (Å²) in [5.41, 5.74) is 1.02. The molecule has 0 heterocycles. The lowest BCUT2D eigenvalue weighted by Crippen LogP contribution is -2.26. The molecule has 1 N–H and O–H groups in total. The maximum Gasteiger partial charge on any atom is 0.208 e. The molecule has 0 saturated heterocycles. The van der Waals surface area contributed by atoms with Gasteiger partial charge in [-0.25, -0.2) is 13.1 Å². The fourth-order valence-electron chi connectivity index (χ4n) is 1.27. The Hall–Kier alpha value is -0.230. The first-order chi connectivity index (χ1) is 7.42. The van der Waals surface area contributed by atoms with E-state index in [0.717, 1.165) is 11.8 Å². The molecular weight excluding hydrogens is 266 g/mol. The third-order valence-corrected chi connectivity index (χ3v) is 3.97. The molecule has 0 fully saturated rings. The largest absolute Gasteiger partial charge is 0.214 e. The van der Waals surface area contributed by atoms with Gasteiger partial charge in [0.15, 0.2) is 0 Å². The SMILES string of the molecule is CS[C@H](CNS(C)(=O)=O)c1cccc(Cl)c1. The van der Waals surface area contributed by atoms with Gasteiger partial charge in [-0.3, -0.25) is 0 Å². The van der Waals surface area contributed by atoms with Crippen LogP contribution in [-0.4, -0.2) is 27.5 Å². The fraction of sp³-hybridized carbons (Fsp3) is 0.400. The smallest absolute Gasteiger partial charge is 0.208 e. The molecule has 3 nitrogen and oxygen atoms in total. The molecule has 16 heavy (non-hydrogen) atoms. The highest BCUT2D eigenvalue weighted by atomic mass is 35.5. The van der Waals surface area contributed by atoms with E-state index in [4.69, 9.17) is 11.6 Å². The van der Waals surface area contributed by atoms with Gasteiger partial charge in [0.25, 0.3) is 0 Å². The molecule has 0 radical (unpaired) electrons. The van der Waals surface area contributed by atoms with Crippen molar-refractivity contribution >= 4 is 33.4 Å². The third-order valence-electron chi connectivity index (χ3n) is 2.04. The summed E-state index contributed by atoms with van der Waals surface area (Å²) in [6, 6.07) is 7.46. The van der Waals surface area contributed by atoms with E-state index in [2.05, 4.69) is 4.72 Å². The average Bonchev–Trinajstić information content (AvgIpc) is 2.17. The van der Waals surface area contributed by atoms with Crippen molar-refractivity contribution in [3.05, 3.63) is 34.9 Å². The zero-order valence-electron chi connectivity index (χ0n) is 9.10. The molecule has 1 aromatic rings. The number of nitrogens with one attached hydrogen (secondary N) is 1. The lowest BCUT2D eigenvalue weighted by molar-refractivity contribution is 0.587. The zero-order valence-corrected chi connectivity index (χ0v) is 11.5. The summed E-state index contributed by atoms with van der Waals surface area (Å²) in [6.45, 7) is 0.375. The second-order valence-corrected chi connectivity index (χ2v) is 6.71. The average molecular weight is 280 g/mol. The molecule has 0 aliphatic carbocycles. The Balaban J connectivity index is 2.75. The number of benzene rings is 1. The molecule has 0 saturated carbocycles. The third kappa shape index (κ3) is 4.74. The van der Waals surface area contributed by atoms with Crippen molar-refractivity contribution in [2.45, 2.75) is 5.25 Å². The fourth-order valence-corrected chi connectivity index (χ4v) is 2.71. The highest BCUT2D eigenvalue weighted by molar-refractivity contribution is 7.98. The van der Waals surface area contributed by atoms with Crippen LogP contribution < -0.4 is 4.72 Å². The molecule has 1 atom stereocenters. The second kappa shape index (κ2) is 5.91. The highest BCUT2D eigenvalue weighted by Gasteiger charge is 2.12. The van der Waals surface area contributed by atoms with Crippen molar-refractivity contribution in [2.75, 3.05) is 19.1 Å². The maximum atomic E-state index is 11.0. The number of hydrogen-bond donors (Lipinski definition) is 1. The second-order valence-electron chi connectivity index (χ2n) is 3.40. The molecule has 0 aliphatic rings. The van der Waals surface area contributed by atoms with Crippen molar-refractivity contribution in [2.24, 2.45) is 0 Å². The highest BCUT2D eigenvalue weighted by Crippen LogP contribution is 2.27. The van der Waals surface area contributed by atoms with Crippen LogP contribution in [0.3, 0.4) is 0 Å². The van der Waals surface area contributed by atoms with Gasteiger partial charge in [-0.15, -0.1) is 0 Å². The van der Waals surface area contributed by atoms with Gasteiger partial charge in [-0.05, 0) is 24.0 Å². The summed E-state index contributed by atoms with van der Waals surface area (Å²) >= 11 is 7.47. The first-order valence-corrected chi connectivity index (χ1v) is 8.21. The van der Waals surface area contributed by atoms with Gasteiger partial charge in [0, 0.05) is 16.8 Å². The molecule has 0 aliphatic heterocycles. The molecule has 0 aromatic heterocycles. The normalized spacial score (nSPS) is 13.7. The molecule has 90 valence electrons. The van der Waals surface area contributed by atoms with Crippen molar-refractivity contribution in [1.82, 2.24) is 4.72 Å². The minimum absolute atomic E-state index is 0.0772. The van der Waals surface area contributed by atoms with E-state index in [1.165, 1.54) is 0 Å². The predicted molar refractivity (Wildman–Crippen MR) is 70.6 cm³/mol. The molecule has 0 unspecified atom stereocenters. The Kier molecular flexibility index (Phi) is 5.11. The molecule has 1 aromatic carbocycles.